The van der Waals surface area contributed by atoms with Crippen molar-refractivity contribution >= 4 is 11.8 Å². The summed E-state index contributed by atoms with van der Waals surface area (Å²) in [4.78, 5) is 4.27. The number of thioether (sulfide) groups is 1. The van der Waals surface area contributed by atoms with Crippen molar-refractivity contribution in [1.82, 2.24) is 10.1 Å². The minimum Gasteiger partial charge on any atom is -0.334 e. The highest BCUT2D eigenvalue weighted by Crippen LogP contribution is 2.31. The maximum absolute atomic E-state index is 13.6. The van der Waals surface area contributed by atoms with E-state index in [1.807, 2.05) is 17.8 Å². The first-order chi connectivity index (χ1) is 10.3. The Morgan fingerprint density at radius 1 is 1.38 bits per heavy atom. The maximum atomic E-state index is 13.6. The van der Waals surface area contributed by atoms with Gasteiger partial charge in [-0.2, -0.15) is 22.0 Å². The first-order valence-electron chi connectivity index (χ1n) is 6.91. The van der Waals surface area contributed by atoms with E-state index in [0.29, 0.717) is 22.4 Å². The number of aromatic nitrogens is 2. The summed E-state index contributed by atoms with van der Waals surface area (Å²) in [6.07, 6.45) is 5.09. The number of halogens is 1. The first kappa shape index (κ1) is 14.1. The van der Waals surface area contributed by atoms with Gasteiger partial charge in [0.15, 0.2) is 5.82 Å². The zero-order valence-corrected chi connectivity index (χ0v) is 12.2. The Morgan fingerprint density at radius 3 is 2.95 bits per heavy atom. The molecule has 1 aliphatic rings. The van der Waals surface area contributed by atoms with Crippen molar-refractivity contribution in [1.29, 1.82) is 5.26 Å². The highest BCUT2D eigenvalue weighted by Gasteiger charge is 2.19. The molecule has 6 heteroatoms. The van der Waals surface area contributed by atoms with Crippen molar-refractivity contribution < 1.29 is 8.91 Å². The molecule has 0 N–H and O–H groups in total. The van der Waals surface area contributed by atoms with Gasteiger partial charge in [-0.25, -0.2) is 4.39 Å². The third kappa shape index (κ3) is 3.08. The molecule has 1 aromatic heterocycles. The minimum atomic E-state index is -0.574. The van der Waals surface area contributed by atoms with Crippen molar-refractivity contribution in [3.8, 4) is 17.5 Å². The van der Waals surface area contributed by atoms with Crippen LogP contribution in [0.5, 0.6) is 0 Å². The van der Waals surface area contributed by atoms with Crippen molar-refractivity contribution in [2.45, 2.75) is 36.7 Å². The van der Waals surface area contributed by atoms with Crippen LogP contribution < -0.4 is 0 Å². The molecule has 0 amide bonds. The van der Waals surface area contributed by atoms with Crippen LogP contribution in [0.4, 0.5) is 4.39 Å². The molecule has 0 radical (unpaired) electrons. The highest BCUT2D eigenvalue weighted by molar-refractivity contribution is 7.99. The van der Waals surface area contributed by atoms with Crippen LogP contribution in [0.25, 0.3) is 11.5 Å². The van der Waals surface area contributed by atoms with E-state index in [1.165, 1.54) is 37.8 Å². The van der Waals surface area contributed by atoms with Gasteiger partial charge in [0, 0.05) is 5.25 Å². The Morgan fingerprint density at radius 2 is 2.19 bits per heavy atom. The van der Waals surface area contributed by atoms with Crippen LogP contribution in [0.15, 0.2) is 22.7 Å². The second-order valence-electron chi connectivity index (χ2n) is 5.01. The van der Waals surface area contributed by atoms with E-state index in [2.05, 4.69) is 10.1 Å². The number of hydrogen-bond acceptors (Lipinski definition) is 5. The van der Waals surface area contributed by atoms with Gasteiger partial charge in [-0.15, -0.1) is 0 Å². The standard InChI is InChI=1S/C15H14FN3OS/c16-13-7-3-6-11(12(13)8-17)15-18-14(19-20-15)9-21-10-4-1-2-5-10/h3,6-7,10H,1-2,4-5,9H2. The smallest absolute Gasteiger partial charge is 0.259 e. The molecule has 0 spiro atoms. The Balaban J connectivity index is 1.75. The van der Waals surface area contributed by atoms with Crippen molar-refractivity contribution in [3.63, 3.8) is 0 Å². The number of nitrogens with zero attached hydrogens (tertiary/aromatic N) is 3. The van der Waals surface area contributed by atoms with E-state index in [9.17, 15) is 4.39 Å². The quantitative estimate of drug-likeness (QED) is 0.856. The van der Waals surface area contributed by atoms with Crippen LogP contribution in [-0.2, 0) is 5.75 Å². The lowest BCUT2D eigenvalue weighted by Gasteiger charge is -2.04. The van der Waals surface area contributed by atoms with Crippen LogP contribution >= 0.6 is 11.8 Å². The monoisotopic (exact) mass is 303 g/mol. The molecule has 0 unspecified atom stereocenters. The van der Waals surface area contributed by atoms with E-state index >= 15 is 0 Å². The third-order valence-corrected chi connectivity index (χ3v) is 4.94. The van der Waals surface area contributed by atoms with Gasteiger partial charge in [0.1, 0.15) is 17.4 Å². The van der Waals surface area contributed by atoms with Crippen LogP contribution in [0, 0.1) is 17.1 Å². The van der Waals surface area contributed by atoms with Gasteiger partial charge in [-0.3, -0.25) is 0 Å². The Labute approximate surface area is 126 Å². The van der Waals surface area contributed by atoms with Crippen LogP contribution in [0.3, 0.4) is 0 Å². The Bertz CT molecular complexity index is 674. The molecule has 0 atom stereocenters. The van der Waals surface area contributed by atoms with E-state index in [-0.39, 0.29) is 11.5 Å². The fourth-order valence-corrected chi connectivity index (χ4v) is 3.65. The summed E-state index contributed by atoms with van der Waals surface area (Å²) >= 11 is 1.83. The zero-order valence-electron chi connectivity index (χ0n) is 11.4. The zero-order chi connectivity index (χ0) is 14.7. The molecule has 2 aromatic rings. The lowest BCUT2D eigenvalue weighted by atomic mass is 10.1. The van der Waals surface area contributed by atoms with Gasteiger partial charge in [0.2, 0.25) is 0 Å². The van der Waals surface area contributed by atoms with E-state index in [4.69, 9.17) is 9.78 Å². The first-order valence-corrected chi connectivity index (χ1v) is 7.96. The van der Waals surface area contributed by atoms with E-state index in [0.717, 1.165) is 0 Å². The van der Waals surface area contributed by atoms with E-state index < -0.39 is 5.82 Å². The van der Waals surface area contributed by atoms with Gasteiger partial charge in [-0.05, 0) is 25.0 Å². The molecule has 108 valence electrons. The molecule has 21 heavy (non-hydrogen) atoms. The number of nitriles is 1. The van der Waals surface area contributed by atoms with Gasteiger partial charge in [0.25, 0.3) is 5.89 Å². The molecule has 1 aliphatic carbocycles. The summed E-state index contributed by atoms with van der Waals surface area (Å²) in [6, 6.07) is 6.23. The van der Waals surface area contributed by atoms with Gasteiger partial charge < -0.3 is 4.52 Å². The van der Waals surface area contributed by atoms with Crippen molar-refractivity contribution in [3.05, 3.63) is 35.4 Å². The summed E-state index contributed by atoms with van der Waals surface area (Å²) < 4.78 is 18.8. The lowest BCUT2D eigenvalue weighted by Crippen LogP contribution is -1.96. The topological polar surface area (TPSA) is 62.7 Å². The molecule has 0 aliphatic heterocycles. The van der Waals surface area contributed by atoms with E-state index in [1.54, 1.807) is 6.07 Å². The normalized spacial score (nSPS) is 15.2. The Hall–Kier alpha value is -1.87. The summed E-state index contributed by atoms with van der Waals surface area (Å²) in [5.74, 6) is 0.906. The summed E-state index contributed by atoms with van der Waals surface area (Å²) in [6.45, 7) is 0. The lowest BCUT2D eigenvalue weighted by molar-refractivity contribution is 0.424. The molecule has 3 rings (SSSR count). The van der Waals surface area contributed by atoms with Gasteiger partial charge in [0.05, 0.1) is 11.3 Å². The summed E-state index contributed by atoms with van der Waals surface area (Å²) in [7, 11) is 0. The Kier molecular flexibility index (Phi) is 4.20. The molecule has 4 nitrogen and oxygen atoms in total. The average molecular weight is 303 g/mol. The second-order valence-corrected chi connectivity index (χ2v) is 6.30. The van der Waals surface area contributed by atoms with Crippen LogP contribution in [0.1, 0.15) is 37.1 Å². The largest absolute Gasteiger partial charge is 0.334 e. The molecule has 1 aromatic carbocycles. The molecule has 0 saturated heterocycles. The predicted molar refractivity (Wildman–Crippen MR) is 78.0 cm³/mol. The summed E-state index contributed by atoms with van der Waals surface area (Å²) in [5, 5.41) is 13.6. The predicted octanol–water partition coefficient (Wildman–Crippen LogP) is 3.92. The molecule has 0 bridgehead atoms. The third-order valence-electron chi connectivity index (χ3n) is 3.57. The van der Waals surface area contributed by atoms with Crippen LogP contribution in [-0.4, -0.2) is 15.4 Å². The van der Waals surface area contributed by atoms with Gasteiger partial charge >= 0.3 is 0 Å². The molecule has 1 heterocycles. The average Bonchev–Trinajstić information content (AvgIpc) is 3.16. The fraction of sp³-hybridized carbons (Fsp3) is 0.400. The number of hydrogen-bond donors (Lipinski definition) is 0. The molecule has 1 saturated carbocycles. The number of benzene rings is 1. The minimum absolute atomic E-state index is 0.0591. The van der Waals surface area contributed by atoms with Gasteiger partial charge in [-0.1, -0.05) is 24.1 Å². The molecule has 1 fully saturated rings. The van der Waals surface area contributed by atoms with Crippen LogP contribution in [0.2, 0.25) is 0 Å². The maximum Gasteiger partial charge on any atom is 0.259 e. The number of rotatable bonds is 4. The summed E-state index contributed by atoms with van der Waals surface area (Å²) in [5.41, 5.74) is 0.290. The highest BCUT2D eigenvalue weighted by atomic mass is 32.2. The molecular weight excluding hydrogens is 289 g/mol. The second kappa shape index (κ2) is 6.27. The van der Waals surface area contributed by atoms with Crippen molar-refractivity contribution in [2.75, 3.05) is 0 Å². The van der Waals surface area contributed by atoms with Crippen molar-refractivity contribution in [2.24, 2.45) is 0 Å². The molecular formula is C15H14FN3OS. The SMILES string of the molecule is N#Cc1c(F)cccc1-c1nc(CSC2CCCC2)no1. The fourth-order valence-electron chi connectivity index (χ4n) is 2.49.